The first-order chi connectivity index (χ1) is 13.8. The molecule has 5 amide bonds. The second kappa shape index (κ2) is 8.62. The smallest absolute Gasteiger partial charge is 0.324 e. The van der Waals surface area contributed by atoms with Gasteiger partial charge in [-0.25, -0.2) is 4.79 Å². The van der Waals surface area contributed by atoms with E-state index in [1.807, 2.05) is 36.4 Å². The molecule has 1 saturated heterocycles. The summed E-state index contributed by atoms with van der Waals surface area (Å²) >= 11 is 0. The van der Waals surface area contributed by atoms with Crippen LogP contribution < -0.4 is 10.6 Å². The van der Waals surface area contributed by atoms with Gasteiger partial charge < -0.3 is 15.5 Å². The van der Waals surface area contributed by atoms with Gasteiger partial charge >= 0.3 is 6.03 Å². The molecule has 0 bridgehead atoms. The van der Waals surface area contributed by atoms with Crippen LogP contribution in [0.2, 0.25) is 0 Å². The summed E-state index contributed by atoms with van der Waals surface area (Å²) in [6.45, 7) is 7.97. The highest BCUT2D eigenvalue weighted by molar-refractivity contribution is 6.05. The van der Waals surface area contributed by atoms with Crippen LogP contribution in [0.25, 0.3) is 0 Å². The highest BCUT2D eigenvalue weighted by Gasteiger charge is 2.38. The van der Waals surface area contributed by atoms with E-state index in [1.165, 1.54) is 0 Å². The number of amides is 5. The molecule has 1 aromatic heterocycles. The fourth-order valence-corrected chi connectivity index (χ4v) is 3.56. The summed E-state index contributed by atoms with van der Waals surface area (Å²) in [5.74, 6) is -0.619. The molecule has 0 spiro atoms. The maximum atomic E-state index is 12.2. The van der Waals surface area contributed by atoms with Crippen molar-refractivity contribution in [1.29, 1.82) is 0 Å². The molecule has 0 unspecified atom stereocenters. The zero-order valence-electron chi connectivity index (χ0n) is 17.1. The predicted octanol–water partition coefficient (Wildman–Crippen LogP) is 0.218. The van der Waals surface area contributed by atoms with Crippen molar-refractivity contribution in [3.8, 4) is 0 Å². The van der Waals surface area contributed by atoms with Gasteiger partial charge in [0.25, 0.3) is 5.91 Å². The lowest BCUT2D eigenvalue weighted by Crippen LogP contribution is -2.40. The van der Waals surface area contributed by atoms with Gasteiger partial charge in [0.2, 0.25) is 11.8 Å². The second-order valence-corrected chi connectivity index (χ2v) is 7.74. The van der Waals surface area contributed by atoms with Gasteiger partial charge in [0, 0.05) is 19.0 Å². The van der Waals surface area contributed by atoms with Crippen LogP contribution in [0.3, 0.4) is 0 Å². The molecule has 29 heavy (non-hydrogen) atoms. The van der Waals surface area contributed by atoms with Crippen LogP contribution in [0.5, 0.6) is 0 Å². The Morgan fingerprint density at radius 3 is 2.76 bits per heavy atom. The number of carbonyl (C=O) groups excluding carboxylic acids is 4. The number of hydrogen-bond donors (Lipinski definition) is 2. The highest BCUT2D eigenvalue weighted by Crippen LogP contribution is 2.16. The van der Waals surface area contributed by atoms with Crippen molar-refractivity contribution in [2.24, 2.45) is 5.92 Å². The van der Waals surface area contributed by atoms with Crippen LogP contribution in [0.1, 0.15) is 45.0 Å². The van der Waals surface area contributed by atoms with Crippen LogP contribution in [-0.2, 0) is 34.0 Å². The molecular weight excluding hydrogens is 376 g/mol. The Hall–Kier alpha value is -2.91. The Bertz CT molecular complexity index is 818. The van der Waals surface area contributed by atoms with E-state index in [0.29, 0.717) is 38.3 Å². The molecule has 10 nitrogen and oxygen atoms in total. The van der Waals surface area contributed by atoms with E-state index in [1.54, 1.807) is 0 Å². The molecule has 0 radical (unpaired) electrons. The van der Waals surface area contributed by atoms with Gasteiger partial charge in [-0.2, -0.15) is 5.10 Å². The first-order valence-corrected chi connectivity index (χ1v) is 10.0. The SMILES string of the molecule is CCCN1C(=O)N[C@H](CC(=O)NCc2cc3n(n2)CCN(C(=O)C(C)C)C3)C1=O. The number of carbonyl (C=O) groups is 4. The van der Waals surface area contributed by atoms with Crippen molar-refractivity contribution in [2.75, 3.05) is 13.1 Å². The van der Waals surface area contributed by atoms with Crippen LogP contribution >= 0.6 is 0 Å². The predicted molar refractivity (Wildman–Crippen MR) is 103 cm³/mol. The molecule has 0 saturated carbocycles. The summed E-state index contributed by atoms with van der Waals surface area (Å²) in [5, 5.41) is 9.78. The molecule has 2 aliphatic heterocycles. The van der Waals surface area contributed by atoms with E-state index in [4.69, 9.17) is 0 Å². The lowest BCUT2D eigenvalue weighted by Gasteiger charge is -2.29. The van der Waals surface area contributed by atoms with Crippen molar-refractivity contribution in [1.82, 2.24) is 30.2 Å². The third-order valence-electron chi connectivity index (χ3n) is 5.06. The van der Waals surface area contributed by atoms with E-state index in [-0.39, 0.29) is 36.6 Å². The largest absolute Gasteiger partial charge is 0.350 e. The molecular formula is C19H28N6O4. The van der Waals surface area contributed by atoms with Crippen molar-refractivity contribution >= 4 is 23.8 Å². The summed E-state index contributed by atoms with van der Waals surface area (Å²) in [5.41, 5.74) is 1.63. The molecule has 2 N–H and O–H groups in total. The number of nitrogens with one attached hydrogen (secondary N) is 2. The summed E-state index contributed by atoms with van der Waals surface area (Å²) in [7, 11) is 0. The average Bonchev–Trinajstić information content (AvgIpc) is 3.21. The van der Waals surface area contributed by atoms with Crippen molar-refractivity contribution in [3.63, 3.8) is 0 Å². The second-order valence-electron chi connectivity index (χ2n) is 7.74. The van der Waals surface area contributed by atoms with Crippen LogP contribution in [0, 0.1) is 5.92 Å². The standard InChI is InChI=1S/C19H28N6O4/c1-4-5-24-18(28)15(21-19(24)29)9-16(26)20-10-13-8-14-11-23(17(27)12(2)3)6-7-25(14)22-13/h8,12,15H,4-7,9-11H2,1-3H3,(H,20,26)(H,21,29)/t15-/m1/s1. The van der Waals surface area contributed by atoms with Crippen molar-refractivity contribution in [2.45, 2.75) is 59.3 Å². The average molecular weight is 404 g/mol. The number of imide groups is 1. The van der Waals surface area contributed by atoms with Crippen LogP contribution in [-0.4, -0.2) is 62.5 Å². The maximum Gasteiger partial charge on any atom is 0.324 e. The number of hydrogen-bond acceptors (Lipinski definition) is 5. The minimum Gasteiger partial charge on any atom is -0.350 e. The minimum atomic E-state index is -0.820. The van der Waals surface area contributed by atoms with Gasteiger partial charge in [0.15, 0.2) is 0 Å². The molecule has 158 valence electrons. The highest BCUT2D eigenvalue weighted by atomic mass is 16.2. The molecule has 1 fully saturated rings. The molecule has 0 aliphatic carbocycles. The Morgan fingerprint density at radius 2 is 2.07 bits per heavy atom. The number of rotatable bonds is 7. The summed E-state index contributed by atoms with van der Waals surface area (Å²) in [6, 6.07) is 0.614. The van der Waals surface area contributed by atoms with E-state index in [0.717, 1.165) is 10.6 Å². The number of nitrogens with zero attached hydrogens (tertiary/aromatic N) is 4. The minimum absolute atomic E-state index is 0.0460. The zero-order chi connectivity index (χ0) is 21.1. The third kappa shape index (κ3) is 4.57. The first-order valence-electron chi connectivity index (χ1n) is 10.0. The van der Waals surface area contributed by atoms with Gasteiger partial charge in [0.1, 0.15) is 6.04 Å². The Labute approximate surface area is 169 Å². The Balaban J connectivity index is 1.51. The summed E-state index contributed by atoms with van der Waals surface area (Å²) in [4.78, 5) is 51.4. The van der Waals surface area contributed by atoms with Crippen LogP contribution in [0.4, 0.5) is 4.79 Å². The quantitative estimate of drug-likeness (QED) is 0.631. The molecule has 3 rings (SSSR count). The third-order valence-corrected chi connectivity index (χ3v) is 5.06. The summed E-state index contributed by atoms with van der Waals surface area (Å²) in [6.07, 6.45) is 0.568. The lowest BCUT2D eigenvalue weighted by atomic mass is 10.1. The van der Waals surface area contributed by atoms with Gasteiger partial charge in [-0.1, -0.05) is 20.8 Å². The van der Waals surface area contributed by atoms with Crippen molar-refractivity contribution < 1.29 is 19.2 Å². The monoisotopic (exact) mass is 404 g/mol. The first kappa shape index (κ1) is 20.8. The molecule has 1 atom stereocenters. The lowest BCUT2D eigenvalue weighted by molar-refractivity contribution is -0.136. The topological polar surface area (TPSA) is 117 Å². The van der Waals surface area contributed by atoms with E-state index >= 15 is 0 Å². The maximum absolute atomic E-state index is 12.2. The van der Waals surface area contributed by atoms with Gasteiger partial charge in [-0.05, 0) is 12.5 Å². The van der Waals surface area contributed by atoms with Gasteiger partial charge in [-0.15, -0.1) is 0 Å². The Kier molecular flexibility index (Phi) is 6.19. The molecule has 0 aromatic carbocycles. The molecule has 1 aromatic rings. The van der Waals surface area contributed by atoms with E-state index < -0.39 is 12.1 Å². The molecule has 10 heteroatoms. The summed E-state index contributed by atoms with van der Waals surface area (Å²) < 4.78 is 1.86. The molecule has 3 heterocycles. The Morgan fingerprint density at radius 1 is 1.31 bits per heavy atom. The zero-order valence-corrected chi connectivity index (χ0v) is 17.1. The van der Waals surface area contributed by atoms with Gasteiger partial charge in [0.05, 0.1) is 37.4 Å². The van der Waals surface area contributed by atoms with Crippen molar-refractivity contribution in [3.05, 3.63) is 17.5 Å². The van der Waals surface area contributed by atoms with Gasteiger partial charge in [-0.3, -0.25) is 24.0 Å². The number of aromatic nitrogens is 2. The normalized spacial score (nSPS) is 18.8. The fourth-order valence-electron chi connectivity index (χ4n) is 3.56. The number of fused-ring (bicyclic) bond motifs is 1. The van der Waals surface area contributed by atoms with Crippen LogP contribution in [0.15, 0.2) is 6.07 Å². The fraction of sp³-hybridized carbons (Fsp3) is 0.632. The van der Waals surface area contributed by atoms with E-state index in [9.17, 15) is 19.2 Å². The molecule has 2 aliphatic rings. The number of urea groups is 1. The van der Waals surface area contributed by atoms with E-state index in [2.05, 4.69) is 15.7 Å².